The van der Waals surface area contributed by atoms with Gasteiger partial charge < -0.3 is 0 Å². The van der Waals surface area contributed by atoms with E-state index >= 15 is 0 Å². The van der Waals surface area contributed by atoms with Crippen LogP contribution in [0.15, 0.2) is 12.3 Å². The van der Waals surface area contributed by atoms with Gasteiger partial charge in [0.2, 0.25) is 0 Å². The molecule has 1 aromatic rings. The van der Waals surface area contributed by atoms with Crippen molar-refractivity contribution in [3.05, 3.63) is 23.8 Å². The van der Waals surface area contributed by atoms with E-state index in [4.69, 9.17) is 11.6 Å². The summed E-state index contributed by atoms with van der Waals surface area (Å²) < 4.78 is 0. The number of alkyl halides is 1. The van der Waals surface area contributed by atoms with Crippen molar-refractivity contribution in [2.24, 2.45) is 0 Å². The maximum Gasteiger partial charge on any atom is 0.146 e. The molecule has 0 fully saturated rings. The van der Waals surface area contributed by atoms with E-state index in [1.807, 2.05) is 19.9 Å². The second-order valence-corrected chi connectivity index (χ2v) is 2.83. The van der Waals surface area contributed by atoms with Crippen LogP contribution in [0.5, 0.6) is 0 Å². The molecule has 1 unspecified atom stereocenters. The van der Waals surface area contributed by atoms with Crippen LogP contribution in [-0.2, 0) is 0 Å². The van der Waals surface area contributed by atoms with Crippen molar-refractivity contribution in [1.82, 2.24) is 9.97 Å². The number of rotatable bonds is 1. The van der Waals surface area contributed by atoms with Crippen molar-refractivity contribution < 1.29 is 0 Å². The minimum Gasteiger partial charge on any atom is -0.240 e. The second-order valence-electron chi connectivity index (χ2n) is 2.17. The first-order valence-electron chi connectivity index (χ1n) is 3.14. The molecule has 0 N–H and O–H groups in total. The molecule has 0 spiro atoms. The van der Waals surface area contributed by atoms with Gasteiger partial charge in [-0.3, -0.25) is 0 Å². The van der Waals surface area contributed by atoms with Crippen LogP contribution in [0.3, 0.4) is 0 Å². The number of hydrogen-bond acceptors (Lipinski definition) is 2. The van der Waals surface area contributed by atoms with Gasteiger partial charge in [0.1, 0.15) is 5.82 Å². The Morgan fingerprint density at radius 2 is 2.30 bits per heavy atom. The fourth-order valence-electron chi connectivity index (χ4n) is 0.660. The molecule has 3 heteroatoms. The summed E-state index contributed by atoms with van der Waals surface area (Å²) in [5, 5.41) is -0.0973. The van der Waals surface area contributed by atoms with E-state index < -0.39 is 0 Å². The van der Waals surface area contributed by atoms with Crippen LogP contribution in [0.25, 0.3) is 0 Å². The highest BCUT2D eigenvalue weighted by atomic mass is 35.5. The number of hydrogen-bond donors (Lipinski definition) is 0. The van der Waals surface area contributed by atoms with E-state index in [0.29, 0.717) is 5.82 Å². The second kappa shape index (κ2) is 2.97. The summed E-state index contributed by atoms with van der Waals surface area (Å²) in [5.74, 6) is 0.696. The predicted octanol–water partition coefficient (Wildman–Crippen LogP) is 2.08. The van der Waals surface area contributed by atoms with E-state index in [1.54, 1.807) is 6.20 Å². The molecular weight excluding hydrogens is 148 g/mol. The molecule has 0 aliphatic heterocycles. The minimum absolute atomic E-state index is 0.0973. The third-order valence-corrected chi connectivity index (χ3v) is 1.36. The monoisotopic (exact) mass is 156 g/mol. The summed E-state index contributed by atoms with van der Waals surface area (Å²) in [6.07, 6.45) is 1.72. The first kappa shape index (κ1) is 7.48. The number of aromatic nitrogens is 2. The number of aryl methyl sites for hydroxylation is 1. The molecule has 0 bridgehead atoms. The fourth-order valence-corrected chi connectivity index (χ4v) is 0.765. The zero-order valence-corrected chi connectivity index (χ0v) is 6.76. The van der Waals surface area contributed by atoms with Crippen LogP contribution in [0, 0.1) is 6.92 Å². The smallest absolute Gasteiger partial charge is 0.146 e. The van der Waals surface area contributed by atoms with E-state index in [9.17, 15) is 0 Å². The summed E-state index contributed by atoms with van der Waals surface area (Å²) >= 11 is 5.75. The lowest BCUT2D eigenvalue weighted by Gasteiger charge is -1.99. The first-order chi connectivity index (χ1) is 4.70. The average Bonchev–Trinajstić information content (AvgIpc) is 1.88. The van der Waals surface area contributed by atoms with Gasteiger partial charge in [0.25, 0.3) is 0 Å². The highest BCUT2D eigenvalue weighted by Crippen LogP contribution is 2.13. The highest BCUT2D eigenvalue weighted by molar-refractivity contribution is 6.20. The number of nitrogens with zero attached hydrogens (tertiary/aromatic N) is 2. The van der Waals surface area contributed by atoms with Gasteiger partial charge in [0, 0.05) is 11.9 Å². The third kappa shape index (κ3) is 1.67. The maximum atomic E-state index is 5.75. The highest BCUT2D eigenvalue weighted by Gasteiger charge is 2.02. The molecule has 1 atom stereocenters. The lowest BCUT2D eigenvalue weighted by molar-refractivity contribution is 0.891. The molecule has 10 heavy (non-hydrogen) atoms. The Labute approximate surface area is 65.3 Å². The van der Waals surface area contributed by atoms with Gasteiger partial charge in [-0.2, -0.15) is 0 Å². The van der Waals surface area contributed by atoms with Gasteiger partial charge in [-0.05, 0) is 19.9 Å². The van der Waals surface area contributed by atoms with Gasteiger partial charge in [0.15, 0.2) is 0 Å². The summed E-state index contributed by atoms with van der Waals surface area (Å²) in [5.41, 5.74) is 0.956. The molecule has 0 aliphatic carbocycles. The Bertz CT molecular complexity index is 223. The molecule has 0 aliphatic rings. The van der Waals surface area contributed by atoms with E-state index in [-0.39, 0.29) is 5.38 Å². The molecule has 1 rings (SSSR count). The molecule has 0 saturated heterocycles. The summed E-state index contributed by atoms with van der Waals surface area (Å²) in [4.78, 5) is 8.13. The van der Waals surface area contributed by atoms with E-state index in [0.717, 1.165) is 5.69 Å². The Hall–Kier alpha value is -0.630. The lowest BCUT2D eigenvalue weighted by atomic mass is 10.4. The van der Waals surface area contributed by atoms with Crippen molar-refractivity contribution in [2.75, 3.05) is 0 Å². The predicted molar refractivity (Wildman–Crippen MR) is 41.0 cm³/mol. The quantitative estimate of drug-likeness (QED) is 0.582. The molecular formula is C7H9ClN2. The van der Waals surface area contributed by atoms with Crippen LogP contribution >= 0.6 is 11.6 Å². The van der Waals surface area contributed by atoms with Crippen molar-refractivity contribution in [3.63, 3.8) is 0 Å². The normalized spacial score (nSPS) is 13.1. The molecule has 0 saturated carbocycles. The van der Waals surface area contributed by atoms with Crippen LogP contribution in [-0.4, -0.2) is 9.97 Å². The largest absolute Gasteiger partial charge is 0.240 e. The Kier molecular flexibility index (Phi) is 2.22. The fraction of sp³-hybridized carbons (Fsp3) is 0.429. The van der Waals surface area contributed by atoms with Crippen molar-refractivity contribution in [3.8, 4) is 0 Å². The topological polar surface area (TPSA) is 25.8 Å². The van der Waals surface area contributed by atoms with Crippen molar-refractivity contribution in [1.29, 1.82) is 0 Å². The Balaban J connectivity index is 2.96. The zero-order valence-electron chi connectivity index (χ0n) is 6.00. The molecule has 2 nitrogen and oxygen atoms in total. The Morgan fingerprint density at radius 3 is 2.70 bits per heavy atom. The standard InChI is InChI=1S/C7H9ClN2/c1-5-3-4-9-7(10-5)6(2)8/h3-4,6H,1-2H3. The van der Waals surface area contributed by atoms with Crippen LogP contribution in [0.1, 0.15) is 23.8 Å². The van der Waals surface area contributed by atoms with Crippen molar-refractivity contribution >= 4 is 11.6 Å². The van der Waals surface area contributed by atoms with Gasteiger partial charge in [-0.15, -0.1) is 11.6 Å². The van der Waals surface area contributed by atoms with E-state index in [2.05, 4.69) is 9.97 Å². The average molecular weight is 157 g/mol. The molecule has 0 amide bonds. The maximum absolute atomic E-state index is 5.75. The van der Waals surface area contributed by atoms with E-state index in [1.165, 1.54) is 0 Å². The molecule has 1 aromatic heterocycles. The van der Waals surface area contributed by atoms with Gasteiger partial charge in [-0.25, -0.2) is 9.97 Å². The van der Waals surface area contributed by atoms with Gasteiger partial charge in [0.05, 0.1) is 5.38 Å². The number of halogens is 1. The summed E-state index contributed by atoms with van der Waals surface area (Å²) in [6.45, 7) is 3.78. The summed E-state index contributed by atoms with van der Waals surface area (Å²) in [6, 6.07) is 1.85. The molecule has 0 radical (unpaired) electrons. The first-order valence-corrected chi connectivity index (χ1v) is 3.57. The Morgan fingerprint density at radius 1 is 1.60 bits per heavy atom. The third-order valence-electron chi connectivity index (χ3n) is 1.17. The zero-order chi connectivity index (χ0) is 7.56. The lowest BCUT2D eigenvalue weighted by Crippen LogP contribution is -1.95. The van der Waals surface area contributed by atoms with Gasteiger partial charge in [-0.1, -0.05) is 0 Å². The molecule has 0 aromatic carbocycles. The van der Waals surface area contributed by atoms with Crippen LogP contribution in [0.4, 0.5) is 0 Å². The minimum atomic E-state index is -0.0973. The molecule has 54 valence electrons. The molecule has 1 heterocycles. The van der Waals surface area contributed by atoms with Crippen LogP contribution in [0.2, 0.25) is 0 Å². The SMILES string of the molecule is Cc1ccnc(C(C)Cl)n1. The van der Waals surface area contributed by atoms with Crippen molar-refractivity contribution in [2.45, 2.75) is 19.2 Å². The summed E-state index contributed by atoms with van der Waals surface area (Å²) in [7, 11) is 0. The van der Waals surface area contributed by atoms with Crippen LogP contribution < -0.4 is 0 Å². The van der Waals surface area contributed by atoms with Gasteiger partial charge >= 0.3 is 0 Å².